The molecule has 1 aromatic carbocycles. The van der Waals surface area contributed by atoms with Gasteiger partial charge in [0.15, 0.2) is 0 Å². The third kappa shape index (κ3) is 4.35. The highest BCUT2D eigenvalue weighted by atomic mass is 35.5. The van der Waals surface area contributed by atoms with E-state index in [0.29, 0.717) is 11.6 Å². The van der Waals surface area contributed by atoms with Gasteiger partial charge in [-0.05, 0) is 44.4 Å². The van der Waals surface area contributed by atoms with Crippen molar-refractivity contribution in [3.63, 3.8) is 0 Å². The Hall–Kier alpha value is -1.26. The van der Waals surface area contributed by atoms with Gasteiger partial charge in [-0.3, -0.25) is 4.79 Å². The molecule has 1 aliphatic rings. The lowest BCUT2D eigenvalue weighted by Crippen LogP contribution is -2.46. The number of nitrogens with one attached hydrogen (secondary N) is 1. The molecule has 1 N–H and O–H groups in total. The average molecular weight is 311 g/mol. The summed E-state index contributed by atoms with van der Waals surface area (Å²) in [6.07, 6.45) is 3.45. The van der Waals surface area contributed by atoms with Crippen molar-refractivity contribution < 1.29 is 9.53 Å². The van der Waals surface area contributed by atoms with E-state index in [2.05, 4.69) is 5.32 Å². The molecule has 5 heteroatoms. The molecule has 0 aliphatic carbocycles. The van der Waals surface area contributed by atoms with Gasteiger partial charge in [0.25, 0.3) is 0 Å². The van der Waals surface area contributed by atoms with Crippen molar-refractivity contribution in [2.24, 2.45) is 0 Å². The van der Waals surface area contributed by atoms with E-state index in [9.17, 15) is 4.79 Å². The van der Waals surface area contributed by atoms with Gasteiger partial charge in [0.05, 0.1) is 13.2 Å². The second-order valence-electron chi connectivity index (χ2n) is 5.44. The second kappa shape index (κ2) is 7.66. The predicted octanol–water partition coefficient (Wildman–Crippen LogP) is 2.84. The first-order valence-corrected chi connectivity index (χ1v) is 7.84. The zero-order chi connectivity index (χ0) is 15.2. The summed E-state index contributed by atoms with van der Waals surface area (Å²) in [6, 6.07) is 5.31. The largest absolute Gasteiger partial charge is 0.496 e. The van der Waals surface area contributed by atoms with Crippen molar-refractivity contribution in [3.05, 3.63) is 28.8 Å². The topological polar surface area (TPSA) is 41.6 Å². The van der Waals surface area contributed by atoms with Crippen LogP contribution in [-0.4, -0.2) is 37.0 Å². The van der Waals surface area contributed by atoms with E-state index in [1.807, 2.05) is 24.0 Å². The summed E-state index contributed by atoms with van der Waals surface area (Å²) in [6.45, 7) is 4.23. The monoisotopic (exact) mass is 310 g/mol. The number of likely N-dealkylation sites (tertiary alicyclic amines) is 1. The molecule has 0 saturated carbocycles. The van der Waals surface area contributed by atoms with Crippen LogP contribution in [-0.2, 0) is 11.3 Å². The van der Waals surface area contributed by atoms with Gasteiger partial charge in [-0.25, -0.2) is 0 Å². The Bertz CT molecular complexity index is 487. The number of carbonyl (C=O) groups excluding carboxylic acids is 1. The number of piperidine rings is 1. The van der Waals surface area contributed by atoms with E-state index >= 15 is 0 Å². The van der Waals surface area contributed by atoms with Crippen molar-refractivity contribution in [1.82, 2.24) is 10.2 Å². The fourth-order valence-electron chi connectivity index (χ4n) is 2.62. The molecule has 1 aromatic rings. The first-order valence-electron chi connectivity index (χ1n) is 7.46. The summed E-state index contributed by atoms with van der Waals surface area (Å²) in [5, 5.41) is 3.94. The van der Waals surface area contributed by atoms with Gasteiger partial charge in [0, 0.05) is 30.2 Å². The normalized spacial score (nSPS) is 16.6. The van der Waals surface area contributed by atoms with Crippen LogP contribution in [0.4, 0.5) is 0 Å². The molecule has 0 bridgehead atoms. The second-order valence-corrected chi connectivity index (χ2v) is 5.88. The van der Waals surface area contributed by atoms with E-state index in [1.54, 1.807) is 13.2 Å². The fourth-order valence-corrected chi connectivity index (χ4v) is 2.82. The SMILES string of the molecule is COc1ccc(Cl)cc1CNC(C)C(=O)N1CCCCC1. The van der Waals surface area contributed by atoms with Crippen LogP contribution in [0.3, 0.4) is 0 Å². The van der Waals surface area contributed by atoms with Gasteiger partial charge in [-0.2, -0.15) is 0 Å². The molecule has 0 aromatic heterocycles. The highest BCUT2D eigenvalue weighted by Gasteiger charge is 2.21. The summed E-state index contributed by atoms with van der Waals surface area (Å²) in [5.74, 6) is 0.959. The Kier molecular flexibility index (Phi) is 5.88. The fraction of sp³-hybridized carbons (Fsp3) is 0.562. The van der Waals surface area contributed by atoms with Crippen molar-refractivity contribution >= 4 is 17.5 Å². The van der Waals surface area contributed by atoms with E-state index < -0.39 is 0 Å². The number of hydrogen-bond donors (Lipinski definition) is 1. The van der Waals surface area contributed by atoms with Gasteiger partial charge in [-0.1, -0.05) is 11.6 Å². The van der Waals surface area contributed by atoms with Crippen LogP contribution < -0.4 is 10.1 Å². The van der Waals surface area contributed by atoms with E-state index in [4.69, 9.17) is 16.3 Å². The number of halogens is 1. The van der Waals surface area contributed by atoms with Crippen LogP contribution in [0.5, 0.6) is 5.75 Å². The molecule has 4 nitrogen and oxygen atoms in total. The number of ether oxygens (including phenoxy) is 1. The van der Waals surface area contributed by atoms with Gasteiger partial charge < -0.3 is 15.0 Å². The summed E-state index contributed by atoms with van der Waals surface area (Å²) in [5.41, 5.74) is 0.961. The number of methoxy groups -OCH3 is 1. The maximum Gasteiger partial charge on any atom is 0.239 e. The minimum absolute atomic E-state index is 0.177. The predicted molar refractivity (Wildman–Crippen MR) is 84.7 cm³/mol. The number of amides is 1. The van der Waals surface area contributed by atoms with Crippen molar-refractivity contribution in [1.29, 1.82) is 0 Å². The highest BCUT2D eigenvalue weighted by molar-refractivity contribution is 6.30. The molecule has 1 atom stereocenters. The Morgan fingerprint density at radius 3 is 2.76 bits per heavy atom. The molecule has 1 fully saturated rings. The van der Waals surface area contributed by atoms with Crippen LogP contribution in [0.15, 0.2) is 18.2 Å². The van der Waals surface area contributed by atoms with Gasteiger partial charge in [0.1, 0.15) is 5.75 Å². The first kappa shape index (κ1) is 16.1. The molecule has 2 rings (SSSR count). The zero-order valence-electron chi connectivity index (χ0n) is 12.7. The van der Waals surface area contributed by atoms with Crippen LogP contribution in [0, 0.1) is 0 Å². The third-order valence-corrected chi connectivity index (χ3v) is 4.11. The Morgan fingerprint density at radius 1 is 1.38 bits per heavy atom. The van der Waals surface area contributed by atoms with Crippen LogP contribution in [0.25, 0.3) is 0 Å². The van der Waals surface area contributed by atoms with Crippen molar-refractivity contribution in [2.75, 3.05) is 20.2 Å². The number of nitrogens with zero attached hydrogens (tertiary/aromatic N) is 1. The standard InChI is InChI=1S/C16H23ClN2O2/c1-12(16(20)19-8-4-3-5-9-19)18-11-13-10-14(17)6-7-15(13)21-2/h6-7,10,12,18H,3-5,8-9,11H2,1-2H3. The Balaban J connectivity index is 1.92. The molecule has 1 aliphatic heterocycles. The van der Waals surface area contributed by atoms with Crippen LogP contribution >= 0.6 is 11.6 Å². The molecule has 1 heterocycles. The maximum absolute atomic E-state index is 12.3. The number of benzene rings is 1. The molecule has 21 heavy (non-hydrogen) atoms. The first-order chi connectivity index (χ1) is 10.1. The number of hydrogen-bond acceptors (Lipinski definition) is 3. The summed E-state index contributed by atoms with van der Waals surface area (Å²) in [4.78, 5) is 14.3. The third-order valence-electron chi connectivity index (χ3n) is 3.88. The minimum atomic E-state index is -0.202. The summed E-state index contributed by atoms with van der Waals surface area (Å²) >= 11 is 6.01. The van der Waals surface area contributed by atoms with Crippen molar-refractivity contribution in [3.8, 4) is 5.75 Å². The molecule has 0 spiro atoms. The average Bonchev–Trinajstić information content (AvgIpc) is 2.52. The van der Waals surface area contributed by atoms with Crippen LogP contribution in [0.2, 0.25) is 5.02 Å². The molecular formula is C16H23ClN2O2. The number of rotatable bonds is 5. The van der Waals surface area contributed by atoms with E-state index in [-0.39, 0.29) is 11.9 Å². The molecule has 1 saturated heterocycles. The zero-order valence-corrected chi connectivity index (χ0v) is 13.4. The van der Waals surface area contributed by atoms with E-state index in [1.165, 1.54) is 6.42 Å². The summed E-state index contributed by atoms with van der Waals surface area (Å²) in [7, 11) is 1.63. The highest BCUT2D eigenvalue weighted by Crippen LogP contribution is 2.22. The Morgan fingerprint density at radius 2 is 2.10 bits per heavy atom. The smallest absolute Gasteiger partial charge is 0.239 e. The van der Waals surface area contributed by atoms with Gasteiger partial charge in [-0.15, -0.1) is 0 Å². The number of carbonyl (C=O) groups is 1. The van der Waals surface area contributed by atoms with Crippen LogP contribution in [0.1, 0.15) is 31.7 Å². The van der Waals surface area contributed by atoms with E-state index in [0.717, 1.165) is 37.2 Å². The van der Waals surface area contributed by atoms with Gasteiger partial charge in [0.2, 0.25) is 5.91 Å². The molecule has 116 valence electrons. The maximum atomic E-state index is 12.3. The van der Waals surface area contributed by atoms with Gasteiger partial charge >= 0.3 is 0 Å². The minimum Gasteiger partial charge on any atom is -0.496 e. The molecule has 1 unspecified atom stereocenters. The lowest BCUT2D eigenvalue weighted by atomic mass is 10.1. The van der Waals surface area contributed by atoms with Crippen molar-refractivity contribution in [2.45, 2.75) is 38.8 Å². The summed E-state index contributed by atoms with van der Waals surface area (Å²) < 4.78 is 5.32. The quantitative estimate of drug-likeness (QED) is 0.909. The molecule has 1 amide bonds. The lowest BCUT2D eigenvalue weighted by Gasteiger charge is -2.29. The molecule has 0 radical (unpaired) electrons. The molecular weight excluding hydrogens is 288 g/mol. The Labute approximate surface area is 131 Å². The lowest BCUT2D eigenvalue weighted by molar-refractivity contribution is -0.133.